The Morgan fingerprint density at radius 2 is 1.68 bits per heavy atom. The van der Waals surface area contributed by atoms with Crippen molar-refractivity contribution in [1.82, 2.24) is 5.32 Å². The zero-order chi connectivity index (χ0) is 13.7. The number of benzene rings is 2. The van der Waals surface area contributed by atoms with Crippen molar-refractivity contribution in [2.75, 3.05) is 6.26 Å². The Bertz CT molecular complexity index is 507. The minimum absolute atomic E-state index is 0.361. The number of hydrogen-bond acceptors (Lipinski definition) is 2. The summed E-state index contributed by atoms with van der Waals surface area (Å²) in [5, 5.41) is 3.55. The van der Waals surface area contributed by atoms with Crippen molar-refractivity contribution in [1.29, 1.82) is 0 Å². The summed E-state index contributed by atoms with van der Waals surface area (Å²) in [7, 11) is 0. The van der Waals surface area contributed by atoms with Gasteiger partial charge in [-0.1, -0.05) is 40.2 Å². The van der Waals surface area contributed by atoms with Crippen LogP contribution in [0.2, 0.25) is 0 Å². The van der Waals surface area contributed by atoms with Gasteiger partial charge in [0, 0.05) is 22.0 Å². The van der Waals surface area contributed by atoms with E-state index in [1.807, 2.05) is 0 Å². The first-order chi connectivity index (χ1) is 9.19. The second-order valence-electron chi connectivity index (χ2n) is 4.50. The normalized spacial score (nSPS) is 12.4. The summed E-state index contributed by atoms with van der Waals surface area (Å²) in [4.78, 5) is 1.31. The van der Waals surface area contributed by atoms with Gasteiger partial charge >= 0.3 is 0 Å². The van der Waals surface area contributed by atoms with Gasteiger partial charge in [0.25, 0.3) is 0 Å². The molecule has 3 heteroatoms. The molecule has 0 fully saturated rings. The van der Waals surface area contributed by atoms with Crippen LogP contribution in [0, 0.1) is 0 Å². The van der Waals surface area contributed by atoms with Crippen LogP contribution in [0.5, 0.6) is 0 Å². The Labute approximate surface area is 127 Å². The van der Waals surface area contributed by atoms with Gasteiger partial charge in [0.2, 0.25) is 0 Å². The summed E-state index contributed by atoms with van der Waals surface area (Å²) in [6.07, 6.45) is 2.10. The van der Waals surface area contributed by atoms with E-state index in [4.69, 9.17) is 0 Å². The van der Waals surface area contributed by atoms with Crippen molar-refractivity contribution in [2.24, 2.45) is 0 Å². The zero-order valence-corrected chi connectivity index (χ0v) is 13.6. The highest BCUT2D eigenvalue weighted by Crippen LogP contribution is 2.19. The van der Waals surface area contributed by atoms with Gasteiger partial charge in [0.1, 0.15) is 0 Å². The standard InChI is InChI=1S/C16H18BrNS/c1-12(14-5-9-16(19-2)10-6-14)18-11-13-3-7-15(17)8-4-13/h3-10,12,18H,11H2,1-2H3. The first-order valence-electron chi connectivity index (χ1n) is 6.31. The molecule has 0 aliphatic heterocycles. The molecule has 0 aromatic heterocycles. The van der Waals surface area contributed by atoms with E-state index < -0.39 is 0 Å². The van der Waals surface area contributed by atoms with E-state index in [-0.39, 0.29) is 0 Å². The Hall–Kier alpha value is -0.770. The van der Waals surface area contributed by atoms with E-state index in [1.54, 1.807) is 11.8 Å². The van der Waals surface area contributed by atoms with Crippen LogP contribution >= 0.6 is 27.7 Å². The molecule has 1 unspecified atom stereocenters. The molecule has 0 saturated carbocycles. The second kappa shape index (κ2) is 7.13. The third-order valence-corrected chi connectivity index (χ3v) is 4.41. The lowest BCUT2D eigenvalue weighted by molar-refractivity contribution is 0.574. The molecule has 2 aromatic rings. The molecule has 0 aliphatic rings. The molecule has 0 bridgehead atoms. The zero-order valence-electron chi connectivity index (χ0n) is 11.2. The van der Waals surface area contributed by atoms with Crippen LogP contribution in [-0.2, 0) is 6.54 Å². The SMILES string of the molecule is CSc1ccc(C(C)NCc2ccc(Br)cc2)cc1. The molecule has 0 radical (unpaired) electrons. The van der Waals surface area contributed by atoms with Gasteiger partial charge in [-0.25, -0.2) is 0 Å². The molecule has 0 aliphatic carbocycles. The summed E-state index contributed by atoms with van der Waals surface area (Å²) in [5.41, 5.74) is 2.63. The molecule has 100 valence electrons. The quantitative estimate of drug-likeness (QED) is 0.769. The number of thioether (sulfide) groups is 1. The molecule has 0 saturated heterocycles. The summed E-state index contributed by atoms with van der Waals surface area (Å²) >= 11 is 5.23. The molecule has 1 nitrogen and oxygen atoms in total. The third kappa shape index (κ3) is 4.37. The smallest absolute Gasteiger partial charge is 0.0294 e. The van der Waals surface area contributed by atoms with Gasteiger partial charge < -0.3 is 5.32 Å². The number of rotatable bonds is 5. The Morgan fingerprint density at radius 3 is 2.26 bits per heavy atom. The van der Waals surface area contributed by atoms with Crippen molar-refractivity contribution in [3.8, 4) is 0 Å². The van der Waals surface area contributed by atoms with Crippen LogP contribution in [0.15, 0.2) is 57.9 Å². The van der Waals surface area contributed by atoms with Crippen LogP contribution < -0.4 is 5.32 Å². The third-order valence-electron chi connectivity index (χ3n) is 3.14. The lowest BCUT2D eigenvalue weighted by atomic mass is 10.1. The largest absolute Gasteiger partial charge is 0.306 e. The molecule has 2 rings (SSSR count). The molecule has 2 aromatic carbocycles. The van der Waals surface area contributed by atoms with Crippen molar-refractivity contribution >= 4 is 27.7 Å². The van der Waals surface area contributed by atoms with Gasteiger partial charge in [-0.3, -0.25) is 0 Å². The highest BCUT2D eigenvalue weighted by molar-refractivity contribution is 9.10. The lowest BCUT2D eigenvalue weighted by Crippen LogP contribution is -2.17. The van der Waals surface area contributed by atoms with E-state index in [0.29, 0.717) is 6.04 Å². The predicted octanol–water partition coefficient (Wildman–Crippen LogP) is 5.02. The van der Waals surface area contributed by atoms with Crippen LogP contribution in [0.1, 0.15) is 24.1 Å². The highest BCUT2D eigenvalue weighted by atomic mass is 79.9. The molecule has 1 N–H and O–H groups in total. The summed E-state index contributed by atoms with van der Waals surface area (Å²) in [6.45, 7) is 3.09. The minimum Gasteiger partial charge on any atom is -0.306 e. The Morgan fingerprint density at radius 1 is 1.05 bits per heavy atom. The van der Waals surface area contributed by atoms with Crippen LogP contribution in [0.3, 0.4) is 0 Å². The Kier molecular flexibility index (Phi) is 5.49. The van der Waals surface area contributed by atoms with Crippen molar-refractivity contribution in [3.05, 3.63) is 64.1 Å². The van der Waals surface area contributed by atoms with Crippen LogP contribution in [-0.4, -0.2) is 6.26 Å². The number of nitrogens with one attached hydrogen (secondary N) is 1. The van der Waals surface area contributed by atoms with Crippen molar-refractivity contribution in [3.63, 3.8) is 0 Å². The minimum atomic E-state index is 0.361. The summed E-state index contributed by atoms with van der Waals surface area (Å²) in [5.74, 6) is 0. The molecule has 0 heterocycles. The van der Waals surface area contributed by atoms with E-state index in [2.05, 4.69) is 83.0 Å². The predicted molar refractivity (Wildman–Crippen MR) is 87.6 cm³/mol. The van der Waals surface area contributed by atoms with Crippen LogP contribution in [0.25, 0.3) is 0 Å². The fourth-order valence-corrected chi connectivity index (χ4v) is 2.56. The van der Waals surface area contributed by atoms with E-state index in [1.165, 1.54) is 16.0 Å². The average Bonchev–Trinajstić information content (AvgIpc) is 2.46. The molecule has 1 atom stereocenters. The van der Waals surface area contributed by atoms with Gasteiger partial charge in [-0.15, -0.1) is 11.8 Å². The second-order valence-corrected chi connectivity index (χ2v) is 6.30. The van der Waals surface area contributed by atoms with Gasteiger partial charge in [0.15, 0.2) is 0 Å². The van der Waals surface area contributed by atoms with Gasteiger partial charge in [0.05, 0.1) is 0 Å². The van der Waals surface area contributed by atoms with Gasteiger partial charge in [-0.2, -0.15) is 0 Å². The van der Waals surface area contributed by atoms with E-state index in [0.717, 1.165) is 11.0 Å². The maximum Gasteiger partial charge on any atom is 0.0294 e. The summed E-state index contributed by atoms with van der Waals surface area (Å²) < 4.78 is 1.12. The molecular weight excluding hydrogens is 318 g/mol. The van der Waals surface area contributed by atoms with Gasteiger partial charge in [-0.05, 0) is 48.6 Å². The molecule has 19 heavy (non-hydrogen) atoms. The van der Waals surface area contributed by atoms with Crippen molar-refractivity contribution in [2.45, 2.75) is 24.4 Å². The maximum atomic E-state index is 3.55. The molecule has 0 spiro atoms. The number of halogens is 1. The maximum absolute atomic E-state index is 3.55. The highest BCUT2D eigenvalue weighted by Gasteiger charge is 2.04. The average molecular weight is 336 g/mol. The monoisotopic (exact) mass is 335 g/mol. The van der Waals surface area contributed by atoms with E-state index >= 15 is 0 Å². The van der Waals surface area contributed by atoms with Crippen LogP contribution in [0.4, 0.5) is 0 Å². The fourth-order valence-electron chi connectivity index (χ4n) is 1.88. The lowest BCUT2D eigenvalue weighted by Gasteiger charge is -2.14. The molecular formula is C16H18BrNS. The summed E-state index contributed by atoms with van der Waals surface area (Å²) in [6, 6.07) is 17.6. The first-order valence-corrected chi connectivity index (χ1v) is 8.32. The topological polar surface area (TPSA) is 12.0 Å². The Balaban J connectivity index is 1.93. The first kappa shape index (κ1) is 14.6. The fraction of sp³-hybridized carbons (Fsp3) is 0.250. The van der Waals surface area contributed by atoms with Crippen molar-refractivity contribution < 1.29 is 0 Å². The van der Waals surface area contributed by atoms with E-state index in [9.17, 15) is 0 Å². The molecule has 0 amide bonds. The number of hydrogen-bond donors (Lipinski definition) is 1.